The zero-order valence-corrected chi connectivity index (χ0v) is 12.3. The first-order chi connectivity index (χ1) is 10.1. The Labute approximate surface area is 125 Å². The van der Waals surface area contributed by atoms with Gasteiger partial charge < -0.3 is 15.4 Å². The predicted octanol–water partition coefficient (Wildman–Crippen LogP) is 3.58. The summed E-state index contributed by atoms with van der Waals surface area (Å²) in [6.45, 7) is 4.35. The van der Waals surface area contributed by atoms with Gasteiger partial charge in [-0.15, -0.1) is 0 Å². The summed E-state index contributed by atoms with van der Waals surface area (Å²) in [4.78, 5) is 11.8. The minimum absolute atomic E-state index is 0.0879. The molecule has 0 aliphatic rings. The largest absolute Gasteiger partial charge is 0.491 e. The average Bonchev–Trinajstić information content (AvgIpc) is 2.47. The first kappa shape index (κ1) is 14.9. The van der Waals surface area contributed by atoms with Gasteiger partial charge in [0.1, 0.15) is 12.4 Å². The number of nitrogens with one attached hydrogen (secondary N) is 2. The van der Waals surface area contributed by atoms with Crippen molar-refractivity contribution in [1.29, 1.82) is 0 Å². The molecule has 21 heavy (non-hydrogen) atoms. The van der Waals surface area contributed by atoms with E-state index in [0.29, 0.717) is 6.61 Å². The smallest absolute Gasteiger partial charge is 0.319 e. The lowest BCUT2D eigenvalue weighted by Crippen LogP contribution is -2.39. The van der Waals surface area contributed by atoms with Gasteiger partial charge in [0, 0.05) is 5.69 Å². The van der Waals surface area contributed by atoms with Gasteiger partial charge in [-0.25, -0.2) is 4.79 Å². The van der Waals surface area contributed by atoms with Crippen molar-refractivity contribution < 1.29 is 9.53 Å². The summed E-state index contributed by atoms with van der Waals surface area (Å²) >= 11 is 0. The summed E-state index contributed by atoms with van der Waals surface area (Å²) in [6.07, 6.45) is 0. The first-order valence-electron chi connectivity index (χ1n) is 6.95. The number of para-hydroxylation sites is 1. The van der Waals surface area contributed by atoms with Gasteiger partial charge in [-0.05, 0) is 38.1 Å². The molecule has 0 aliphatic carbocycles. The highest BCUT2D eigenvalue weighted by molar-refractivity contribution is 5.89. The second-order valence-corrected chi connectivity index (χ2v) is 4.99. The number of carbonyl (C=O) groups is 1. The number of hydrogen-bond acceptors (Lipinski definition) is 2. The fraction of sp³-hybridized carbons (Fsp3) is 0.235. The quantitative estimate of drug-likeness (QED) is 0.881. The highest BCUT2D eigenvalue weighted by Gasteiger charge is 2.08. The van der Waals surface area contributed by atoms with Crippen LogP contribution < -0.4 is 15.4 Å². The van der Waals surface area contributed by atoms with Crippen LogP contribution in [0.2, 0.25) is 0 Å². The molecule has 0 saturated carbocycles. The molecule has 0 fully saturated rings. The van der Waals surface area contributed by atoms with Crippen molar-refractivity contribution in [2.75, 3.05) is 11.9 Å². The summed E-state index contributed by atoms with van der Waals surface area (Å²) < 4.78 is 5.63. The molecule has 0 spiro atoms. The van der Waals surface area contributed by atoms with E-state index in [4.69, 9.17) is 4.74 Å². The van der Waals surface area contributed by atoms with E-state index in [1.165, 1.54) is 5.56 Å². The van der Waals surface area contributed by atoms with Gasteiger partial charge in [0.05, 0.1) is 6.04 Å². The minimum atomic E-state index is -0.235. The monoisotopic (exact) mass is 284 g/mol. The Morgan fingerprint density at radius 2 is 1.76 bits per heavy atom. The molecular formula is C17H20N2O2. The van der Waals surface area contributed by atoms with Crippen LogP contribution in [0.25, 0.3) is 0 Å². The summed E-state index contributed by atoms with van der Waals surface area (Å²) in [6, 6.07) is 16.8. The minimum Gasteiger partial charge on any atom is -0.491 e. The SMILES string of the molecule is Cc1ccc(OC[C@@H](C)NC(=O)Nc2ccccc2)cc1. The number of rotatable bonds is 5. The van der Waals surface area contributed by atoms with E-state index in [9.17, 15) is 4.79 Å². The molecule has 0 aliphatic heterocycles. The molecule has 4 nitrogen and oxygen atoms in total. The van der Waals surface area contributed by atoms with Gasteiger partial charge in [0.25, 0.3) is 0 Å². The number of carbonyl (C=O) groups excluding carboxylic acids is 1. The van der Waals surface area contributed by atoms with E-state index >= 15 is 0 Å². The number of hydrogen-bond donors (Lipinski definition) is 2. The Balaban J connectivity index is 1.75. The highest BCUT2D eigenvalue weighted by Crippen LogP contribution is 2.11. The predicted molar refractivity (Wildman–Crippen MR) is 84.7 cm³/mol. The zero-order chi connectivity index (χ0) is 15.1. The van der Waals surface area contributed by atoms with Gasteiger partial charge in [0.2, 0.25) is 0 Å². The van der Waals surface area contributed by atoms with E-state index < -0.39 is 0 Å². The summed E-state index contributed by atoms with van der Waals surface area (Å²) in [5.41, 5.74) is 1.96. The van der Waals surface area contributed by atoms with Crippen LogP contribution in [0.15, 0.2) is 54.6 Å². The Hall–Kier alpha value is -2.49. The van der Waals surface area contributed by atoms with Crippen molar-refractivity contribution in [2.24, 2.45) is 0 Å². The van der Waals surface area contributed by atoms with Crippen LogP contribution in [-0.2, 0) is 0 Å². The molecule has 0 bridgehead atoms. The fourth-order valence-corrected chi connectivity index (χ4v) is 1.81. The molecule has 110 valence electrons. The van der Waals surface area contributed by atoms with Crippen molar-refractivity contribution in [1.82, 2.24) is 5.32 Å². The first-order valence-corrected chi connectivity index (χ1v) is 6.95. The molecule has 1 atom stereocenters. The third kappa shape index (κ3) is 5.18. The molecule has 4 heteroatoms. The molecule has 2 rings (SSSR count). The van der Waals surface area contributed by atoms with Crippen LogP contribution in [-0.4, -0.2) is 18.7 Å². The van der Waals surface area contributed by atoms with Crippen LogP contribution in [0, 0.1) is 6.92 Å². The van der Waals surface area contributed by atoms with Gasteiger partial charge >= 0.3 is 6.03 Å². The molecule has 2 aromatic carbocycles. The summed E-state index contributed by atoms with van der Waals surface area (Å²) in [5.74, 6) is 0.803. The molecule has 2 aromatic rings. The van der Waals surface area contributed by atoms with Crippen molar-refractivity contribution in [3.63, 3.8) is 0 Å². The molecule has 2 N–H and O–H groups in total. The number of benzene rings is 2. The van der Waals surface area contributed by atoms with Crippen LogP contribution in [0.3, 0.4) is 0 Å². The van der Waals surface area contributed by atoms with E-state index in [-0.39, 0.29) is 12.1 Å². The average molecular weight is 284 g/mol. The van der Waals surface area contributed by atoms with E-state index in [0.717, 1.165) is 11.4 Å². The van der Waals surface area contributed by atoms with Crippen molar-refractivity contribution >= 4 is 11.7 Å². The topological polar surface area (TPSA) is 50.4 Å². The Morgan fingerprint density at radius 1 is 1.10 bits per heavy atom. The van der Waals surface area contributed by atoms with Gasteiger partial charge in [-0.2, -0.15) is 0 Å². The molecule has 2 amide bonds. The van der Waals surface area contributed by atoms with E-state index in [1.54, 1.807) is 0 Å². The number of ether oxygens (including phenoxy) is 1. The van der Waals surface area contributed by atoms with Crippen molar-refractivity contribution in [2.45, 2.75) is 19.9 Å². The summed E-state index contributed by atoms with van der Waals surface area (Å²) in [5, 5.41) is 5.61. The zero-order valence-electron chi connectivity index (χ0n) is 12.3. The molecule has 0 heterocycles. The highest BCUT2D eigenvalue weighted by atomic mass is 16.5. The molecule has 0 unspecified atom stereocenters. The number of amides is 2. The van der Waals surface area contributed by atoms with Gasteiger partial charge in [0.15, 0.2) is 0 Å². The standard InChI is InChI=1S/C17H20N2O2/c1-13-8-10-16(11-9-13)21-12-14(2)18-17(20)19-15-6-4-3-5-7-15/h3-11,14H,12H2,1-2H3,(H2,18,19,20)/t14-/m1/s1. The lowest BCUT2D eigenvalue weighted by Gasteiger charge is -2.15. The maximum absolute atomic E-state index is 11.8. The maximum Gasteiger partial charge on any atom is 0.319 e. The van der Waals surface area contributed by atoms with Crippen LogP contribution >= 0.6 is 0 Å². The molecule has 0 radical (unpaired) electrons. The number of urea groups is 1. The van der Waals surface area contributed by atoms with Crippen LogP contribution in [0.1, 0.15) is 12.5 Å². The molecule has 0 aromatic heterocycles. The third-order valence-corrected chi connectivity index (χ3v) is 2.93. The molecule has 0 saturated heterocycles. The van der Waals surface area contributed by atoms with Crippen LogP contribution in [0.5, 0.6) is 5.75 Å². The Kier molecular flexibility index (Phi) is 5.21. The van der Waals surface area contributed by atoms with E-state index in [2.05, 4.69) is 10.6 Å². The lowest BCUT2D eigenvalue weighted by molar-refractivity contribution is 0.236. The summed E-state index contributed by atoms with van der Waals surface area (Å²) in [7, 11) is 0. The van der Waals surface area contributed by atoms with Crippen molar-refractivity contribution in [3.8, 4) is 5.75 Å². The second-order valence-electron chi connectivity index (χ2n) is 4.99. The lowest BCUT2D eigenvalue weighted by atomic mass is 10.2. The van der Waals surface area contributed by atoms with E-state index in [1.807, 2.05) is 68.4 Å². The second kappa shape index (κ2) is 7.33. The van der Waals surface area contributed by atoms with Gasteiger partial charge in [-0.1, -0.05) is 35.9 Å². The Bertz CT molecular complexity index is 567. The maximum atomic E-state index is 11.8. The fourth-order valence-electron chi connectivity index (χ4n) is 1.81. The van der Waals surface area contributed by atoms with Crippen LogP contribution in [0.4, 0.5) is 10.5 Å². The molecular weight excluding hydrogens is 264 g/mol. The van der Waals surface area contributed by atoms with Gasteiger partial charge in [-0.3, -0.25) is 0 Å². The normalized spacial score (nSPS) is 11.5. The van der Waals surface area contributed by atoms with Crippen molar-refractivity contribution in [3.05, 3.63) is 60.2 Å². The number of anilines is 1. The third-order valence-electron chi connectivity index (χ3n) is 2.93. The Morgan fingerprint density at radius 3 is 2.43 bits per heavy atom. The number of aryl methyl sites for hydroxylation is 1.